The number of nitrogens with one attached hydrogen (secondary N) is 2. The number of benzene rings is 1. The van der Waals surface area contributed by atoms with Crippen molar-refractivity contribution < 1.29 is 9.59 Å². The molecule has 1 aromatic carbocycles. The molecule has 26 heavy (non-hydrogen) atoms. The van der Waals surface area contributed by atoms with Crippen molar-refractivity contribution in [3.8, 4) is 0 Å². The van der Waals surface area contributed by atoms with E-state index >= 15 is 0 Å². The number of carbonyl (C=O) groups is 2. The SMILES string of the molecule is CN(C)CCCNC(=O)c1cc(NC(=O)N(C)C)ccc1N1CCCC1. The van der Waals surface area contributed by atoms with Crippen molar-refractivity contribution in [3.63, 3.8) is 0 Å². The van der Waals surface area contributed by atoms with E-state index in [1.54, 1.807) is 20.2 Å². The second kappa shape index (κ2) is 9.43. The van der Waals surface area contributed by atoms with Crippen LogP contribution >= 0.6 is 0 Å². The zero-order valence-electron chi connectivity index (χ0n) is 16.3. The summed E-state index contributed by atoms with van der Waals surface area (Å²) in [5.74, 6) is -0.0911. The molecule has 1 heterocycles. The van der Waals surface area contributed by atoms with Gasteiger partial charge < -0.3 is 25.3 Å². The van der Waals surface area contributed by atoms with Crippen molar-refractivity contribution in [1.82, 2.24) is 15.1 Å². The van der Waals surface area contributed by atoms with Gasteiger partial charge in [-0.1, -0.05) is 0 Å². The average Bonchev–Trinajstić information content (AvgIpc) is 3.12. The molecule has 2 N–H and O–H groups in total. The van der Waals surface area contributed by atoms with Crippen LogP contribution in [0.15, 0.2) is 18.2 Å². The van der Waals surface area contributed by atoms with Crippen LogP contribution in [0, 0.1) is 0 Å². The minimum Gasteiger partial charge on any atom is -0.371 e. The first kappa shape index (κ1) is 20.0. The molecular formula is C19H31N5O2. The smallest absolute Gasteiger partial charge is 0.321 e. The third-order valence-electron chi connectivity index (χ3n) is 4.41. The maximum atomic E-state index is 12.8. The van der Waals surface area contributed by atoms with Gasteiger partial charge in [0.1, 0.15) is 0 Å². The molecule has 1 saturated heterocycles. The van der Waals surface area contributed by atoms with Crippen molar-refractivity contribution >= 4 is 23.3 Å². The van der Waals surface area contributed by atoms with Gasteiger partial charge >= 0.3 is 6.03 Å². The van der Waals surface area contributed by atoms with E-state index < -0.39 is 0 Å². The normalized spacial score (nSPS) is 13.8. The van der Waals surface area contributed by atoms with Crippen LogP contribution in [0.4, 0.5) is 16.2 Å². The Labute approximate surface area is 156 Å². The standard InChI is InChI=1S/C19H31N5O2/c1-22(2)11-7-10-20-18(25)16-14-15(21-19(26)23(3)4)8-9-17(16)24-12-5-6-13-24/h8-9,14H,5-7,10-13H2,1-4H3,(H,20,25)(H,21,26). The van der Waals surface area contributed by atoms with E-state index in [-0.39, 0.29) is 11.9 Å². The largest absolute Gasteiger partial charge is 0.371 e. The Morgan fingerprint density at radius 1 is 1.12 bits per heavy atom. The van der Waals surface area contributed by atoms with Gasteiger partial charge in [-0.2, -0.15) is 0 Å². The van der Waals surface area contributed by atoms with Gasteiger partial charge in [0.25, 0.3) is 5.91 Å². The quantitative estimate of drug-likeness (QED) is 0.730. The second-order valence-electron chi connectivity index (χ2n) is 7.16. The van der Waals surface area contributed by atoms with E-state index in [0.717, 1.165) is 44.6 Å². The van der Waals surface area contributed by atoms with E-state index in [2.05, 4.69) is 20.4 Å². The zero-order valence-corrected chi connectivity index (χ0v) is 16.3. The van der Waals surface area contributed by atoms with Gasteiger partial charge in [0.15, 0.2) is 0 Å². The third-order valence-corrected chi connectivity index (χ3v) is 4.41. The topological polar surface area (TPSA) is 67.9 Å². The van der Waals surface area contributed by atoms with Crippen LogP contribution in [0.3, 0.4) is 0 Å². The van der Waals surface area contributed by atoms with Crippen molar-refractivity contribution in [1.29, 1.82) is 0 Å². The van der Waals surface area contributed by atoms with Crippen LogP contribution in [0.2, 0.25) is 0 Å². The summed E-state index contributed by atoms with van der Waals surface area (Å²) < 4.78 is 0. The molecule has 0 spiro atoms. The first-order valence-electron chi connectivity index (χ1n) is 9.18. The lowest BCUT2D eigenvalue weighted by Crippen LogP contribution is -2.30. The molecule has 0 unspecified atom stereocenters. The van der Waals surface area contributed by atoms with Gasteiger partial charge in [-0.15, -0.1) is 0 Å². The Hall–Kier alpha value is -2.28. The minimum atomic E-state index is -0.212. The summed E-state index contributed by atoms with van der Waals surface area (Å²) in [6.07, 6.45) is 3.18. The van der Waals surface area contributed by atoms with E-state index in [1.807, 2.05) is 26.2 Å². The van der Waals surface area contributed by atoms with Gasteiger partial charge in [-0.25, -0.2) is 4.79 Å². The molecule has 0 bridgehead atoms. The highest BCUT2D eigenvalue weighted by Crippen LogP contribution is 2.27. The van der Waals surface area contributed by atoms with Gasteiger partial charge in [0.2, 0.25) is 0 Å². The summed E-state index contributed by atoms with van der Waals surface area (Å²) in [5.41, 5.74) is 2.19. The van der Waals surface area contributed by atoms with Crippen LogP contribution in [0.5, 0.6) is 0 Å². The van der Waals surface area contributed by atoms with Crippen LogP contribution in [0.25, 0.3) is 0 Å². The molecule has 7 nitrogen and oxygen atoms in total. The molecule has 1 fully saturated rings. The van der Waals surface area contributed by atoms with E-state index in [4.69, 9.17) is 0 Å². The highest BCUT2D eigenvalue weighted by atomic mass is 16.2. The molecular weight excluding hydrogens is 330 g/mol. The third kappa shape index (κ3) is 5.62. The molecule has 3 amide bonds. The second-order valence-corrected chi connectivity index (χ2v) is 7.16. The highest BCUT2D eigenvalue weighted by molar-refractivity contribution is 6.02. The summed E-state index contributed by atoms with van der Waals surface area (Å²) in [4.78, 5) is 30.5. The Balaban J connectivity index is 2.15. The molecule has 0 aromatic heterocycles. The van der Waals surface area contributed by atoms with Gasteiger partial charge in [-0.05, 0) is 58.1 Å². The zero-order chi connectivity index (χ0) is 19.1. The Morgan fingerprint density at radius 3 is 2.42 bits per heavy atom. The number of carbonyl (C=O) groups excluding carboxylic acids is 2. The van der Waals surface area contributed by atoms with E-state index in [1.165, 1.54) is 4.90 Å². The Kier molecular flexibility index (Phi) is 7.26. The van der Waals surface area contributed by atoms with Crippen molar-refractivity contribution in [3.05, 3.63) is 23.8 Å². The number of rotatable bonds is 7. The predicted molar refractivity (Wildman–Crippen MR) is 106 cm³/mol. The van der Waals surface area contributed by atoms with Gasteiger partial charge in [-0.3, -0.25) is 4.79 Å². The monoisotopic (exact) mass is 361 g/mol. The maximum Gasteiger partial charge on any atom is 0.321 e. The fourth-order valence-corrected chi connectivity index (χ4v) is 2.96. The van der Waals surface area contributed by atoms with E-state index in [0.29, 0.717) is 17.8 Å². The molecule has 0 saturated carbocycles. The van der Waals surface area contributed by atoms with Crippen LogP contribution in [-0.2, 0) is 0 Å². The number of hydrogen-bond acceptors (Lipinski definition) is 4. The van der Waals surface area contributed by atoms with Crippen LogP contribution in [-0.4, -0.2) is 76.1 Å². The first-order valence-corrected chi connectivity index (χ1v) is 9.18. The molecule has 1 aromatic rings. The number of hydrogen-bond donors (Lipinski definition) is 2. The van der Waals surface area contributed by atoms with Crippen molar-refractivity contribution in [2.45, 2.75) is 19.3 Å². The Bertz CT molecular complexity index is 624. The number of anilines is 2. The molecule has 0 aliphatic carbocycles. The lowest BCUT2D eigenvalue weighted by Gasteiger charge is -2.22. The highest BCUT2D eigenvalue weighted by Gasteiger charge is 2.20. The number of amides is 3. The fraction of sp³-hybridized carbons (Fsp3) is 0.579. The van der Waals surface area contributed by atoms with E-state index in [9.17, 15) is 9.59 Å². The van der Waals surface area contributed by atoms with Crippen LogP contribution < -0.4 is 15.5 Å². The molecule has 1 aliphatic rings. The summed E-state index contributed by atoms with van der Waals surface area (Å²) in [6, 6.07) is 5.36. The molecule has 1 aliphatic heterocycles. The molecule has 7 heteroatoms. The number of urea groups is 1. The summed E-state index contributed by atoms with van der Waals surface area (Å²) >= 11 is 0. The van der Waals surface area contributed by atoms with Crippen molar-refractivity contribution in [2.75, 3.05) is 64.6 Å². The van der Waals surface area contributed by atoms with Crippen LogP contribution in [0.1, 0.15) is 29.6 Å². The number of nitrogens with zero attached hydrogens (tertiary/aromatic N) is 3. The minimum absolute atomic E-state index is 0.0911. The lowest BCUT2D eigenvalue weighted by atomic mass is 10.1. The van der Waals surface area contributed by atoms with Crippen molar-refractivity contribution in [2.24, 2.45) is 0 Å². The first-order chi connectivity index (χ1) is 12.4. The van der Waals surface area contributed by atoms with Gasteiger partial charge in [0.05, 0.1) is 5.56 Å². The predicted octanol–water partition coefficient (Wildman–Crippen LogP) is 2.06. The molecule has 0 atom stereocenters. The molecule has 0 radical (unpaired) electrons. The Morgan fingerprint density at radius 2 is 1.81 bits per heavy atom. The summed E-state index contributed by atoms with van der Waals surface area (Å²) in [7, 11) is 7.41. The molecule has 2 rings (SSSR count). The van der Waals surface area contributed by atoms with Gasteiger partial charge in [0, 0.05) is 45.1 Å². The lowest BCUT2D eigenvalue weighted by molar-refractivity contribution is 0.0953. The molecule has 144 valence electrons. The fourth-order valence-electron chi connectivity index (χ4n) is 2.96. The average molecular weight is 361 g/mol. The summed E-state index contributed by atoms with van der Waals surface area (Å²) in [5, 5.41) is 5.82. The summed E-state index contributed by atoms with van der Waals surface area (Å²) in [6.45, 7) is 3.48. The maximum absolute atomic E-state index is 12.8.